The van der Waals surface area contributed by atoms with E-state index in [1.165, 1.54) is 0 Å². The molecule has 1 nitrogen and oxygen atoms in total. The lowest BCUT2D eigenvalue weighted by Gasteiger charge is -2.13. The van der Waals surface area contributed by atoms with Crippen LogP contribution in [-0.4, -0.2) is 6.67 Å². The predicted octanol–water partition coefficient (Wildman–Crippen LogP) is 3.20. The summed E-state index contributed by atoms with van der Waals surface area (Å²) < 4.78 is 61.6. The van der Waals surface area contributed by atoms with Crippen molar-refractivity contribution < 1.29 is 22.0 Å². The number of halogens is 5. The fourth-order valence-corrected chi connectivity index (χ4v) is 1.28. The molecule has 1 atom stereocenters. The molecule has 16 heavy (non-hydrogen) atoms. The third-order valence-corrected chi connectivity index (χ3v) is 2.15. The van der Waals surface area contributed by atoms with Crippen molar-refractivity contribution in [2.45, 2.75) is 18.6 Å². The number of hydrogen-bond acceptors (Lipinski definition) is 1. The second-order valence-electron chi connectivity index (χ2n) is 3.32. The van der Waals surface area contributed by atoms with Gasteiger partial charge in [0, 0.05) is 6.04 Å². The molecule has 1 aromatic rings. The summed E-state index contributed by atoms with van der Waals surface area (Å²) in [4.78, 5) is 0. The maximum Gasteiger partial charge on any atom is 0.419 e. The zero-order chi connectivity index (χ0) is 12.3. The fourth-order valence-electron chi connectivity index (χ4n) is 1.28. The van der Waals surface area contributed by atoms with Crippen molar-refractivity contribution in [3.63, 3.8) is 0 Å². The molecular weight excluding hydrogens is 229 g/mol. The first-order valence-corrected chi connectivity index (χ1v) is 4.54. The van der Waals surface area contributed by atoms with Crippen LogP contribution in [0.15, 0.2) is 18.2 Å². The van der Waals surface area contributed by atoms with Gasteiger partial charge in [-0.3, -0.25) is 4.39 Å². The molecule has 0 spiro atoms. The van der Waals surface area contributed by atoms with Crippen molar-refractivity contribution in [1.82, 2.24) is 0 Å². The average Bonchev–Trinajstić information content (AvgIpc) is 2.16. The lowest BCUT2D eigenvalue weighted by atomic mass is 10.0. The van der Waals surface area contributed by atoms with Gasteiger partial charge in [-0.25, -0.2) is 4.39 Å². The molecular formula is C10H10F5N. The molecule has 0 amide bonds. The Hall–Kier alpha value is -1.17. The van der Waals surface area contributed by atoms with E-state index < -0.39 is 30.3 Å². The number of nitrogens with two attached hydrogens (primary N) is 1. The summed E-state index contributed by atoms with van der Waals surface area (Å²) in [6, 6.07) is 1.58. The third-order valence-electron chi connectivity index (χ3n) is 2.15. The Morgan fingerprint density at radius 3 is 2.31 bits per heavy atom. The molecule has 0 aliphatic carbocycles. The number of alkyl halides is 4. The Kier molecular flexibility index (Phi) is 3.85. The van der Waals surface area contributed by atoms with Crippen molar-refractivity contribution in [1.29, 1.82) is 0 Å². The van der Waals surface area contributed by atoms with E-state index in [1.807, 2.05) is 0 Å². The minimum Gasteiger partial charge on any atom is -0.324 e. The average molecular weight is 239 g/mol. The van der Waals surface area contributed by atoms with Crippen molar-refractivity contribution in [3.8, 4) is 0 Å². The quantitative estimate of drug-likeness (QED) is 0.805. The van der Waals surface area contributed by atoms with Gasteiger partial charge in [0.15, 0.2) is 0 Å². The van der Waals surface area contributed by atoms with Gasteiger partial charge in [0.1, 0.15) is 5.82 Å². The van der Waals surface area contributed by atoms with Gasteiger partial charge in [-0.2, -0.15) is 13.2 Å². The lowest BCUT2D eigenvalue weighted by molar-refractivity contribution is -0.140. The molecule has 2 N–H and O–H groups in total. The van der Waals surface area contributed by atoms with Crippen LogP contribution in [0.3, 0.4) is 0 Å². The Labute approximate surface area is 89.1 Å². The largest absolute Gasteiger partial charge is 0.419 e. The summed E-state index contributed by atoms with van der Waals surface area (Å²) in [6.07, 6.45) is -4.78. The molecule has 0 saturated heterocycles. The Morgan fingerprint density at radius 1 is 1.25 bits per heavy atom. The van der Waals surface area contributed by atoms with E-state index in [0.29, 0.717) is 12.1 Å². The van der Waals surface area contributed by atoms with E-state index in [1.54, 1.807) is 0 Å². The van der Waals surface area contributed by atoms with Crippen LogP contribution in [0.25, 0.3) is 0 Å². The number of rotatable bonds is 3. The van der Waals surface area contributed by atoms with Crippen LogP contribution in [0.2, 0.25) is 0 Å². The predicted molar refractivity (Wildman–Crippen MR) is 48.9 cm³/mol. The van der Waals surface area contributed by atoms with Gasteiger partial charge in [-0.15, -0.1) is 0 Å². The van der Waals surface area contributed by atoms with E-state index in [-0.39, 0.29) is 12.0 Å². The molecule has 0 aliphatic heterocycles. The molecule has 6 heteroatoms. The Bertz CT molecular complexity index is 361. The van der Waals surface area contributed by atoms with Gasteiger partial charge in [-0.05, 0) is 24.1 Å². The first kappa shape index (κ1) is 12.9. The van der Waals surface area contributed by atoms with Crippen molar-refractivity contribution >= 4 is 0 Å². The second-order valence-corrected chi connectivity index (χ2v) is 3.32. The van der Waals surface area contributed by atoms with Crippen LogP contribution in [0.4, 0.5) is 22.0 Å². The topological polar surface area (TPSA) is 26.0 Å². The Balaban J connectivity index is 3.00. The molecule has 0 fully saturated rings. The zero-order valence-electron chi connectivity index (χ0n) is 8.19. The van der Waals surface area contributed by atoms with E-state index in [9.17, 15) is 22.0 Å². The highest BCUT2D eigenvalue weighted by Gasteiger charge is 2.34. The highest BCUT2D eigenvalue weighted by molar-refractivity contribution is 5.28. The van der Waals surface area contributed by atoms with Gasteiger partial charge < -0.3 is 5.73 Å². The summed E-state index contributed by atoms with van der Waals surface area (Å²) in [6.45, 7) is -0.705. The first-order valence-electron chi connectivity index (χ1n) is 4.54. The third kappa shape index (κ3) is 2.91. The van der Waals surface area contributed by atoms with Crippen LogP contribution < -0.4 is 5.73 Å². The van der Waals surface area contributed by atoms with Crippen LogP contribution in [0.5, 0.6) is 0 Å². The molecule has 0 aromatic heterocycles. The van der Waals surface area contributed by atoms with E-state index in [4.69, 9.17) is 5.73 Å². The summed E-state index contributed by atoms with van der Waals surface area (Å²) in [5.41, 5.74) is 4.26. The van der Waals surface area contributed by atoms with Gasteiger partial charge >= 0.3 is 6.18 Å². The molecule has 0 heterocycles. The minimum absolute atomic E-state index is 0.0508. The molecule has 0 unspecified atom stereocenters. The highest BCUT2D eigenvalue weighted by atomic mass is 19.4. The second kappa shape index (κ2) is 4.78. The van der Waals surface area contributed by atoms with Gasteiger partial charge in [0.2, 0.25) is 0 Å². The molecule has 0 aliphatic rings. The summed E-state index contributed by atoms with van der Waals surface area (Å²) in [7, 11) is 0. The molecule has 0 saturated carbocycles. The monoisotopic (exact) mass is 239 g/mol. The number of hydrogen-bond donors (Lipinski definition) is 1. The van der Waals surface area contributed by atoms with Gasteiger partial charge in [0.05, 0.1) is 12.2 Å². The molecule has 1 rings (SSSR count). The first-order chi connectivity index (χ1) is 7.36. The number of benzene rings is 1. The van der Waals surface area contributed by atoms with Crippen molar-refractivity contribution in [2.24, 2.45) is 5.73 Å². The smallest absolute Gasteiger partial charge is 0.324 e. The minimum atomic E-state index is -4.73. The molecule has 0 radical (unpaired) electrons. The summed E-state index contributed by atoms with van der Waals surface area (Å²) in [5.74, 6) is -1.39. The maximum absolute atomic E-state index is 13.1. The SMILES string of the molecule is N[C@@H](CCF)c1ccc(C(F)(F)F)c(F)c1. The Morgan fingerprint density at radius 2 is 1.88 bits per heavy atom. The van der Waals surface area contributed by atoms with Crippen LogP contribution in [0, 0.1) is 5.82 Å². The molecule has 90 valence electrons. The summed E-state index contributed by atoms with van der Waals surface area (Å²) >= 11 is 0. The van der Waals surface area contributed by atoms with Crippen molar-refractivity contribution in [2.75, 3.05) is 6.67 Å². The van der Waals surface area contributed by atoms with E-state index in [0.717, 1.165) is 6.07 Å². The van der Waals surface area contributed by atoms with Crippen LogP contribution in [-0.2, 0) is 6.18 Å². The van der Waals surface area contributed by atoms with E-state index >= 15 is 0 Å². The van der Waals surface area contributed by atoms with E-state index in [2.05, 4.69) is 0 Å². The van der Waals surface area contributed by atoms with Gasteiger partial charge in [-0.1, -0.05) is 6.07 Å². The van der Waals surface area contributed by atoms with Crippen LogP contribution in [0.1, 0.15) is 23.6 Å². The summed E-state index contributed by atoms with van der Waals surface area (Å²) in [5, 5.41) is 0. The molecule has 0 bridgehead atoms. The normalized spacial score (nSPS) is 13.9. The standard InChI is InChI=1S/C10H10F5N/c11-4-3-9(16)6-1-2-7(8(12)5-6)10(13,14)15/h1-2,5,9H,3-4,16H2/t9-/m0/s1. The maximum atomic E-state index is 13.1. The van der Waals surface area contributed by atoms with Crippen molar-refractivity contribution in [3.05, 3.63) is 35.1 Å². The molecule has 1 aromatic carbocycles. The fraction of sp³-hybridized carbons (Fsp3) is 0.400. The van der Waals surface area contributed by atoms with Crippen LogP contribution >= 0.6 is 0 Å². The zero-order valence-corrected chi connectivity index (χ0v) is 8.19. The van der Waals surface area contributed by atoms with Gasteiger partial charge in [0.25, 0.3) is 0 Å². The highest BCUT2D eigenvalue weighted by Crippen LogP contribution is 2.32. The lowest BCUT2D eigenvalue weighted by Crippen LogP contribution is -2.13.